The van der Waals surface area contributed by atoms with Gasteiger partial charge in [0.2, 0.25) is 0 Å². The molecule has 0 aliphatic rings. The summed E-state index contributed by atoms with van der Waals surface area (Å²) in [6, 6.07) is 14.9. The van der Waals surface area contributed by atoms with E-state index in [9.17, 15) is 0 Å². The zero-order chi connectivity index (χ0) is 16.7. The lowest BCUT2D eigenvalue weighted by Crippen LogP contribution is -2.18. The Morgan fingerprint density at radius 2 is 1.48 bits per heavy atom. The average Bonchev–Trinajstić information content (AvgIpc) is 2.56. The molecule has 0 radical (unpaired) electrons. The van der Waals surface area contributed by atoms with E-state index in [0.717, 1.165) is 42.7 Å². The van der Waals surface area contributed by atoms with E-state index in [1.165, 1.54) is 11.1 Å². The van der Waals surface area contributed by atoms with Gasteiger partial charge in [0.05, 0.1) is 14.2 Å². The Labute approximate surface area is 139 Å². The molecule has 1 atom stereocenters. The number of nitrogens with two attached hydrogens (primary N) is 1. The van der Waals surface area contributed by atoms with Crippen molar-refractivity contribution in [3.8, 4) is 11.5 Å². The van der Waals surface area contributed by atoms with E-state index in [0.29, 0.717) is 0 Å². The Balaban J connectivity index is 2.12. The number of hydrogen-bond donors (Lipinski definition) is 1. The smallest absolute Gasteiger partial charge is 0.164 e. The predicted molar refractivity (Wildman–Crippen MR) is 95.4 cm³/mol. The maximum absolute atomic E-state index is 5.93. The van der Waals surface area contributed by atoms with E-state index in [2.05, 4.69) is 42.5 Å². The summed E-state index contributed by atoms with van der Waals surface area (Å²) in [4.78, 5) is 0. The van der Waals surface area contributed by atoms with Gasteiger partial charge in [-0.25, -0.2) is 0 Å². The largest absolute Gasteiger partial charge is 0.493 e. The molecule has 3 heteroatoms. The second kappa shape index (κ2) is 8.59. The Morgan fingerprint density at radius 3 is 2.09 bits per heavy atom. The van der Waals surface area contributed by atoms with Gasteiger partial charge >= 0.3 is 0 Å². The molecule has 3 nitrogen and oxygen atoms in total. The summed E-state index contributed by atoms with van der Waals surface area (Å²) in [5.41, 5.74) is 9.58. The molecule has 2 aromatic rings. The molecule has 0 heterocycles. The van der Waals surface area contributed by atoms with Crippen LogP contribution in [0.3, 0.4) is 0 Å². The first-order chi connectivity index (χ1) is 11.2. The normalized spacial score (nSPS) is 12.0. The van der Waals surface area contributed by atoms with Crippen molar-refractivity contribution in [2.24, 2.45) is 5.73 Å². The first kappa shape index (κ1) is 17.4. The van der Waals surface area contributed by atoms with Gasteiger partial charge in [0.15, 0.2) is 11.5 Å². The molecular formula is C20H27NO2. The molecule has 0 saturated heterocycles. The van der Waals surface area contributed by atoms with E-state index in [1.54, 1.807) is 14.2 Å². The third kappa shape index (κ3) is 4.73. The van der Waals surface area contributed by atoms with Crippen LogP contribution >= 0.6 is 0 Å². The van der Waals surface area contributed by atoms with Crippen molar-refractivity contribution in [3.05, 3.63) is 59.2 Å². The van der Waals surface area contributed by atoms with Crippen LogP contribution in [0.25, 0.3) is 0 Å². The summed E-state index contributed by atoms with van der Waals surface area (Å²) in [6.07, 6.45) is 3.89. The lowest BCUT2D eigenvalue weighted by atomic mass is 9.99. The number of hydrogen-bond acceptors (Lipinski definition) is 3. The second-order valence-corrected chi connectivity index (χ2v) is 5.97. The third-order valence-electron chi connectivity index (χ3n) is 3.98. The summed E-state index contributed by atoms with van der Waals surface area (Å²) in [6.45, 7) is 2.00. The van der Waals surface area contributed by atoms with Crippen molar-refractivity contribution in [2.75, 3.05) is 14.2 Å². The lowest BCUT2D eigenvalue weighted by Gasteiger charge is -2.17. The van der Waals surface area contributed by atoms with Crippen LogP contribution in [0.5, 0.6) is 11.5 Å². The van der Waals surface area contributed by atoms with Crippen molar-refractivity contribution in [3.63, 3.8) is 0 Å². The fourth-order valence-electron chi connectivity index (χ4n) is 2.92. The van der Waals surface area contributed by atoms with Crippen molar-refractivity contribution >= 4 is 0 Å². The van der Waals surface area contributed by atoms with Crippen LogP contribution in [-0.4, -0.2) is 20.3 Å². The fraction of sp³-hybridized carbons (Fsp3) is 0.400. The zero-order valence-electron chi connectivity index (χ0n) is 14.3. The molecule has 2 rings (SSSR count). The molecule has 0 spiro atoms. The number of aryl methyl sites for hydroxylation is 2. The molecule has 0 aliphatic heterocycles. The van der Waals surface area contributed by atoms with Gasteiger partial charge < -0.3 is 15.2 Å². The van der Waals surface area contributed by atoms with Gasteiger partial charge in [0, 0.05) is 6.04 Å². The number of rotatable bonds is 8. The van der Waals surface area contributed by atoms with Gasteiger partial charge in [-0.1, -0.05) is 42.5 Å². The Hall–Kier alpha value is -2.00. The Morgan fingerprint density at radius 1 is 0.870 bits per heavy atom. The molecule has 124 valence electrons. The van der Waals surface area contributed by atoms with E-state index >= 15 is 0 Å². The van der Waals surface area contributed by atoms with Crippen LogP contribution in [0.1, 0.15) is 30.0 Å². The minimum Gasteiger partial charge on any atom is -0.493 e. The summed E-state index contributed by atoms with van der Waals surface area (Å²) in [5.74, 6) is 1.67. The molecular weight excluding hydrogens is 286 g/mol. The van der Waals surface area contributed by atoms with Gasteiger partial charge in [-0.15, -0.1) is 0 Å². The van der Waals surface area contributed by atoms with Crippen LogP contribution in [0.4, 0.5) is 0 Å². The second-order valence-electron chi connectivity index (χ2n) is 5.97. The molecule has 0 amide bonds. The monoisotopic (exact) mass is 313 g/mol. The highest BCUT2D eigenvalue weighted by molar-refractivity contribution is 5.52. The quantitative estimate of drug-likeness (QED) is 0.807. The molecule has 0 saturated carbocycles. The van der Waals surface area contributed by atoms with Gasteiger partial charge in [0.1, 0.15) is 0 Å². The minimum atomic E-state index is 0.0949. The molecule has 2 N–H and O–H groups in total. The topological polar surface area (TPSA) is 44.5 Å². The molecule has 0 aromatic heterocycles. The summed E-state index contributed by atoms with van der Waals surface area (Å²) < 4.78 is 11.2. The first-order valence-corrected chi connectivity index (χ1v) is 8.18. The summed E-state index contributed by atoms with van der Waals surface area (Å²) in [5, 5.41) is 0. The highest BCUT2D eigenvalue weighted by Gasteiger charge is 2.15. The Bertz CT molecular complexity index is 609. The maximum atomic E-state index is 5.93. The lowest BCUT2D eigenvalue weighted by molar-refractivity contribution is 0.347. The molecule has 2 aromatic carbocycles. The van der Waals surface area contributed by atoms with Crippen molar-refractivity contribution < 1.29 is 9.47 Å². The van der Waals surface area contributed by atoms with Gasteiger partial charge in [-0.05, 0) is 49.3 Å². The number of methoxy groups -OCH3 is 2. The van der Waals surface area contributed by atoms with Crippen molar-refractivity contribution in [1.29, 1.82) is 0 Å². The SMILES string of the molecule is COc1c(CCCc2ccccc2)ccc(CC(C)N)c1OC. The van der Waals surface area contributed by atoms with Crippen molar-refractivity contribution in [2.45, 2.75) is 38.6 Å². The standard InChI is InChI=1S/C20H27NO2/c1-15(21)14-18-13-12-17(19(22-2)20(18)23-3)11-7-10-16-8-5-4-6-9-16/h4-6,8-9,12-13,15H,7,10-11,14,21H2,1-3H3. The Kier molecular flexibility index (Phi) is 6.48. The first-order valence-electron chi connectivity index (χ1n) is 8.18. The molecule has 0 fully saturated rings. The fourth-order valence-corrected chi connectivity index (χ4v) is 2.92. The molecule has 23 heavy (non-hydrogen) atoms. The van der Waals surface area contributed by atoms with E-state index in [-0.39, 0.29) is 6.04 Å². The summed E-state index contributed by atoms with van der Waals surface area (Å²) >= 11 is 0. The number of benzene rings is 2. The van der Waals surface area contributed by atoms with Crippen LogP contribution in [-0.2, 0) is 19.3 Å². The summed E-state index contributed by atoms with van der Waals surface area (Å²) in [7, 11) is 3.39. The zero-order valence-corrected chi connectivity index (χ0v) is 14.3. The average molecular weight is 313 g/mol. The van der Waals surface area contributed by atoms with Crippen LogP contribution in [0, 0.1) is 0 Å². The number of ether oxygens (including phenoxy) is 2. The minimum absolute atomic E-state index is 0.0949. The predicted octanol–water partition coefficient (Wildman–Crippen LogP) is 3.77. The maximum Gasteiger partial charge on any atom is 0.164 e. The third-order valence-corrected chi connectivity index (χ3v) is 3.98. The van der Waals surface area contributed by atoms with Crippen molar-refractivity contribution in [1.82, 2.24) is 0 Å². The van der Waals surface area contributed by atoms with Crippen LogP contribution in [0.2, 0.25) is 0 Å². The van der Waals surface area contributed by atoms with Gasteiger partial charge in [-0.3, -0.25) is 0 Å². The highest BCUT2D eigenvalue weighted by Crippen LogP contribution is 2.36. The highest BCUT2D eigenvalue weighted by atomic mass is 16.5. The van der Waals surface area contributed by atoms with Gasteiger partial charge in [-0.2, -0.15) is 0 Å². The van der Waals surface area contributed by atoms with Gasteiger partial charge in [0.25, 0.3) is 0 Å². The van der Waals surface area contributed by atoms with Crippen LogP contribution in [0.15, 0.2) is 42.5 Å². The molecule has 1 unspecified atom stereocenters. The van der Waals surface area contributed by atoms with Crippen LogP contribution < -0.4 is 15.2 Å². The van der Waals surface area contributed by atoms with E-state index in [4.69, 9.17) is 15.2 Å². The molecule has 0 bridgehead atoms. The molecule has 0 aliphatic carbocycles. The van der Waals surface area contributed by atoms with E-state index in [1.807, 2.05) is 6.92 Å². The van der Waals surface area contributed by atoms with E-state index < -0.39 is 0 Å².